The van der Waals surface area contributed by atoms with E-state index < -0.39 is 23.3 Å². The van der Waals surface area contributed by atoms with Crippen LogP contribution in [0.3, 0.4) is 0 Å². The molecule has 0 saturated heterocycles. The highest BCUT2D eigenvalue weighted by Crippen LogP contribution is 2.37. The van der Waals surface area contributed by atoms with E-state index in [1.54, 1.807) is 7.05 Å². The fourth-order valence-electron chi connectivity index (χ4n) is 2.16. The quantitative estimate of drug-likeness (QED) is 0.807. The predicted molar refractivity (Wildman–Crippen MR) is 80.4 cm³/mol. The maximum atomic E-state index is 14.2. The average molecular weight is 380 g/mol. The third-order valence-electron chi connectivity index (χ3n) is 3.21. The molecule has 0 aliphatic carbocycles. The fraction of sp³-hybridized carbons (Fsp3) is 0.357. The van der Waals surface area contributed by atoms with Crippen LogP contribution >= 0.6 is 27.5 Å². The molecule has 1 heterocycles. The molecule has 7 heteroatoms. The lowest BCUT2D eigenvalue weighted by Crippen LogP contribution is -2.09. The highest BCUT2D eigenvalue weighted by molar-refractivity contribution is 9.10. The molecular formula is C14H14BrClF2N2O. The summed E-state index contributed by atoms with van der Waals surface area (Å²) in [6, 6.07) is 2.33. The van der Waals surface area contributed by atoms with Gasteiger partial charge >= 0.3 is 0 Å². The van der Waals surface area contributed by atoms with Gasteiger partial charge in [-0.3, -0.25) is 4.68 Å². The lowest BCUT2D eigenvalue weighted by atomic mass is 9.96. The number of hydrogen-bond donors (Lipinski definition) is 1. The SMILES string of the molecule is CC(C)c1nn(C)c(Cl)c1C(O)c1c(F)ccc(Br)c1F. The molecule has 0 radical (unpaired) electrons. The third-order valence-corrected chi connectivity index (χ3v) is 4.27. The molecule has 1 atom stereocenters. The summed E-state index contributed by atoms with van der Waals surface area (Å²) in [5.41, 5.74) is 0.292. The summed E-state index contributed by atoms with van der Waals surface area (Å²) >= 11 is 9.12. The second-order valence-corrected chi connectivity index (χ2v) is 6.24. The molecule has 0 amide bonds. The Kier molecular flexibility index (Phi) is 4.70. The normalized spacial score (nSPS) is 13.0. The summed E-state index contributed by atoms with van der Waals surface area (Å²) in [6.45, 7) is 3.73. The zero-order chi connectivity index (χ0) is 15.9. The standard InChI is InChI=1S/C14H14BrClF2N2O/c1-6(2)12-10(14(16)20(3)19-12)13(21)9-8(17)5-4-7(15)11(9)18/h4-6,13,21H,1-3H3. The highest BCUT2D eigenvalue weighted by atomic mass is 79.9. The Balaban J connectivity index is 2.66. The van der Waals surface area contributed by atoms with Gasteiger partial charge in [0, 0.05) is 12.6 Å². The summed E-state index contributed by atoms with van der Waals surface area (Å²) in [7, 11) is 1.61. The molecule has 0 saturated carbocycles. The van der Waals surface area contributed by atoms with Gasteiger partial charge in [-0.25, -0.2) is 8.78 Å². The Morgan fingerprint density at radius 3 is 2.48 bits per heavy atom. The van der Waals surface area contributed by atoms with Gasteiger partial charge in [0.15, 0.2) is 0 Å². The molecule has 1 unspecified atom stereocenters. The molecule has 1 aromatic carbocycles. The van der Waals surface area contributed by atoms with Crippen molar-refractivity contribution in [1.29, 1.82) is 0 Å². The topological polar surface area (TPSA) is 38.0 Å². The van der Waals surface area contributed by atoms with Gasteiger partial charge in [-0.2, -0.15) is 5.10 Å². The summed E-state index contributed by atoms with van der Waals surface area (Å²) < 4.78 is 29.6. The summed E-state index contributed by atoms with van der Waals surface area (Å²) in [5.74, 6) is -1.73. The molecule has 0 bridgehead atoms. The number of halogens is 4. The fourth-order valence-corrected chi connectivity index (χ4v) is 2.74. The number of aromatic nitrogens is 2. The minimum Gasteiger partial charge on any atom is -0.383 e. The molecule has 1 N–H and O–H groups in total. The zero-order valence-electron chi connectivity index (χ0n) is 11.7. The van der Waals surface area contributed by atoms with Crippen molar-refractivity contribution in [3.05, 3.63) is 50.2 Å². The van der Waals surface area contributed by atoms with E-state index in [0.717, 1.165) is 6.07 Å². The zero-order valence-corrected chi connectivity index (χ0v) is 14.0. The van der Waals surface area contributed by atoms with Gasteiger partial charge in [0.05, 0.1) is 15.7 Å². The van der Waals surface area contributed by atoms with Crippen LogP contribution in [0.15, 0.2) is 16.6 Å². The second-order valence-electron chi connectivity index (χ2n) is 5.03. The van der Waals surface area contributed by atoms with Crippen LogP contribution in [-0.2, 0) is 7.05 Å². The van der Waals surface area contributed by atoms with E-state index in [4.69, 9.17) is 11.6 Å². The number of aryl methyl sites for hydroxylation is 1. The monoisotopic (exact) mass is 378 g/mol. The first-order valence-corrected chi connectivity index (χ1v) is 7.46. The van der Waals surface area contributed by atoms with Crippen LogP contribution in [0.25, 0.3) is 0 Å². The molecule has 0 aliphatic rings. The second kappa shape index (κ2) is 6.02. The molecule has 21 heavy (non-hydrogen) atoms. The molecule has 1 aromatic heterocycles. The van der Waals surface area contributed by atoms with Crippen molar-refractivity contribution in [1.82, 2.24) is 9.78 Å². The predicted octanol–water partition coefficient (Wildman–Crippen LogP) is 4.32. The smallest absolute Gasteiger partial charge is 0.146 e. The van der Waals surface area contributed by atoms with Crippen molar-refractivity contribution >= 4 is 27.5 Å². The minimum atomic E-state index is -1.53. The third kappa shape index (κ3) is 2.84. The molecule has 0 aliphatic heterocycles. The Labute approximate surface area is 134 Å². The van der Waals surface area contributed by atoms with Crippen molar-refractivity contribution < 1.29 is 13.9 Å². The molecule has 0 spiro atoms. The van der Waals surface area contributed by atoms with Crippen molar-refractivity contribution in [2.24, 2.45) is 7.05 Å². The Bertz CT molecular complexity index is 688. The first-order chi connectivity index (χ1) is 9.75. The number of nitrogens with zero attached hydrogens (tertiary/aromatic N) is 2. The van der Waals surface area contributed by atoms with E-state index >= 15 is 0 Å². The van der Waals surface area contributed by atoms with Gasteiger partial charge in [-0.05, 0) is 34.0 Å². The lowest BCUT2D eigenvalue weighted by Gasteiger charge is -2.15. The van der Waals surface area contributed by atoms with Crippen molar-refractivity contribution in [3.8, 4) is 0 Å². The van der Waals surface area contributed by atoms with Gasteiger partial charge in [0.25, 0.3) is 0 Å². The number of benzene rings is 1. The first-order valence-electron chi connectivity index (χ1n) is 6.29. The maximum absolute atomic E-state index is 14.2. The van der Waals surface area contributed by atoms with Crippen molar-refractivity contribution in [2.45, 2.75) is 25.9 Å². The number of rotatable bonds is 3. The average Bonchev–Trinajstić information content (AvgIpc) is 2.71. The van der Waals surface area contributed by atoms with Gasteiger partial charge < -0.3 is 5.11 Å². The van der Waals surface area contributed by atoms with E-state index in [9.17, 15) is 13.9 Å². The Hall–Kier alpha value is -0.980. The molecule has 114 valence electrons. The molecule has 3 nitrogen and oxygen atoms in total. The minimum absolute atomic E-state index is 0.0494. The summed E-state index contributed by atoms with van der Waals surface area (Å²) in [4.78, 5) is 0. The molecule has 2 rings (SSSR count). The number of aliphatic hydroxyl groups excluding tert-OH is 1. The first kappa shape index (κ1) is 16.4. The highest BCUT2D eigenvalue weighted by Gasteiger charge is 2.29. The van der Waals surface area contributed by atoms with Gasteiger partial charge in [-0.1, -0.05) is 25.4 Å². The van der Waals surface area contributed by atoms with Crippen molar-refractivity contribution in [3.63, 3.8) is 0 Å². The lowest BCUT2D eigenvalue weighted by molar-refractivity contribution is 0.207. The molecule has 2 aromatic rings. The van der Waals surface area contributed by atoms with E-state index in [1.165, 1.54) is 10.7 Å². The number of hydrogen-bond acceptors (Lipinski definition) is 2. The van der Waals surface area contributed by atoms with Crippen LogP contribution in [-0.4, -0.2) is 14.9 Å². The van der Waals surface area contributed by atoms with Crippen molar-refractivity contribution in [2.75, 3.05) is 0 Å². The van der Waals surface area contributed by atoms with Crippen LogP contribution in [0, 0.1) is 11.6 Å². The van der Waals surface area contributed by atoms with E-state index in [-0.39, 0.29) is 21.1 Å². The van der Waals surface area contributed by atoms with Gasteiger partial charge in [0.1, 0.15) is 22.9 Å². The van der Waals surface area contributed by atoms with E-state index in [2.05, 4.69) is 21.0 Å². The Morgan fingerprint density at radius 1 is 1.29 bits per heavy atom. The summed E-state index contributed by atoms with van der Waals surface area (Å²) in [5, 5.41) is 14.8. The van der Waals surface area contributed by atoms with Crippen LogP contribution in [0.2, 0.25) is 5.15 Å². The van der Waals surface area contributed by atoms with Gasteiger partial charge in [-0.15, -0.1) is 0 Å². The maximum Gasteiger partial charge on any atom is 0.146 e. The molecular weight excluding hydrogens is 366 g/mol. The molecule has 0 fully saturated rings. The van der Waals surface area contributed by atoms with E-state index in [1.807, 2.05) is 13.8 Å². The van der Waals surface area contributed by atoms with Gasteiger partial charge in [0.2, 0.25) is 0 Å². The summed E-state index contributed by atoms with van der Waals surface area (Å²) in [6.07, 6.45) is -1.53. The number of aliphatic hydroxyl groups is 1. The van der Waals surface area contributed by atoms with Crippen LogP contribution in [0.1, 0.15) is 42.7 Å². The largest absolute Gasteiger partial charge is 0.383 e. The van der Waals surface area contributed by atoms with E-state index in [0.29, 0.717) is 5.69 Å². The van der Waals surface area contributed by atoms with Crippen LogP contribution in [0.5, 0.6) is 0 Å². The Morgan fingerprint density at radius 2 is 1.90 bits per heavy atom. The van der Waals surface area contributed by atoms with Crippen LogP contribution in [0.4, 0.5) is 8.78 Å². The van der Waals surface area contributed by atoms with Crippen LogP contribution < -0.4 is 0 Å².